The van der Waals surface area contributed by atoms with E-state index in [1.807, 2.05) is 29.2 Å². The van der Waals surface area contributed by atoms with Crippen molar-refractivity contribution in [3.63, 3.8) is 0 Å². The number of nitrogen functional groups attached to an aromatic ring is 1. The first-order valence-corrected chi connectivity index (χ1v) is 10.2. The maximum absolute atomic E-state index is 12.5. The normalized spacial score (nSPS) is 19.3. The molecule has 2 aliphatic heterocycles. The van der Waals surface area contributed by atoms with Crippen LogP contribution in [0.25, 0.3) is 0 Å². The third kappa shape index (κ3) is 4.27. The minimum absolute atomic E-state index is 0.0315. The fourth-order valence-corrected chi connectivity index (χ4v) is 3.99. The van der Waals surface area contributed by atoms with E-state index in [1.165, 1.54) is 12.3 Å². The molecular weight excluding hydrogens is 382 g/mol. The number of nitrogens with zero attached hydrogens (tertiary/aromatic N) is 3. The first-order valence-electron chi connectivity index (χ1n) is 10.2. The van der Waals surface area contributed by atoms with Crippen LogP contribution in [-0.2, 0) is 9.59 Å². The molecule has 3 amide bonds. The van der Waals surface area contributed by atoms with Crippen LogP contribution in [0.5, 0.6) is 0 Å². The van der Waals surface area contributed by atoms with Gasteiger partial charge in [-0.05, 0) is 49.2 Å². The van der Waals surface area contributed by atoms with Gasteiger partial charge >= 0.3 is 0 Å². The number of amides is 3. The number of pyridine rings is 1. The fraction of sp³-hybridized carbons (Fsp3) is 0.364. The summed E-state index contributed by atoms with van der Waals surface area (Å²) in [5, 5.41) is 2.87. The zero-order valence-corrected chi connectivity index (χ0v) is 16.7. The van der Waals surface area contributed by atoms with E-state index in [4.69, 9.17) is 5.73 Å². The second-order valence-corrected chi connectivity index (χ2v) is 7.77. The number of benzene rings is 1. The van der Waals surface area contributed by atoms with Crippen LogP contribution in [0.15, 0.2) is 42.6 Å². The van der Waals surface area contributed by atoms with Gasteiger partial charge < -0.3 is 20.9 Å². The van der Waals surface area contributed by atoms with Crippen LogP contribution in [-0.4, -0.2) is 42.3 Å². The first kappa shape index (κ1) is 19.9. The van der Waals surface area contributed by atoms with Gasteiger partial charge in [0.1, 0.15) is 5.82 Å². The fourth-order valence-electron chi connectivity index (χ4n) is 3.99. The molecule has 2 saturated heterocycles. The molecule has 0 radical (unpaired) electrons. The van der Waals surface area contributed by atoms with Gasteiger partial charge in [-0.2, -0.15) is 0 Å². The molecule has 2 aromatic rings. The van der Waals surface area contributed by atoms with Crippen molar-refractivity contribution in [1.82, 2.24) is 10.3 Å². The zero-order chi connectivity index (χ0) is 21.1. The Morgan fingerprint density at radius 1 is 1.07 bits per heavy atom. The van der Waals surface area contributed by atoms with Crippen molar-refractivity contribution in [1.29, 1.82) is 0 Å². The highest BCUT2D eigenvalue weighted by Crippen LogP contribution is 2.28. The van der Waals surface area contributed by atoms with E-state index in [9.17, 15) is 14.4 Å². The maximum Gasteiger partial charge on any atom is 0.251 e. The zero-order valence-electron chi connectivity index (χ0n) is 16.7. The Labute approximate surface area is 175 Å². The number of aromatic nitrogens is 1. The Morgan fingerprint density at radius 3 is 2.50 bits per heavy atom. The van der Waals surface area contributed by atoms with E-state index in [1.54, 1.807) is 11.0 Å². The van der Waals surface area contributed by atoms with Gasteiger partial charge in [-0.1, -0.05) is 0 Å². The lowest BCUT2D eigenvalue weighted by Crippen LogP contribution is -2.35. The molecular formula is C22H25N5O3. The predicted molar refractivity (Wildman–Crippen MR) is 114 cm³/mol. The number of piperidine rings is 1. The van der Waals surface area contributed by atoms with Gasteiger partial charge in [0.25, 0.3) is 5.91 Å². The molecule has 0 bridgehead atoms. The van der Waals surface area contributed by atoms with Gasteiger partial charge in [-0.25, -0.2) is 4.98 Å². The Hall–Kier alpha value is -3.42. The number of anilines is 3. The van der Waals surface area contributed by atoms with Crippen LogP contribution < -0.4 is 20.9 Å². The number of nitrogens with two attached hydrogens (primary N) is 1. The molecule has 0 saturated carbocycles. The quantitative estimate of drug-likeness (QED) is 0.788. The first-order chi connectivity index (χ1) is 14.5. The van der Waals surface area contributed by atoms with Crippen molar-refractivity contribution in [3.05, 3.63) is 48.2 Å². The number of carbonyl (C=O) groups is 3. The third-order valence-electron chi connectivity index (χ3n) is 5.60. The molecule has 3 heterocycles. The lowest BCUT2D eigenvalue weighted by molar-refractivity contribution is -0.119. The van der Waals surface area contributed by atoms with Crippen LogP contribution in [0.2, 0.25) is 0 Å². The summed E-state index contributed by atoms with van der Waals surface area (Å²) < 4.78 is 0. The molecule has 0 aliphatic carbocycles. The van der Waals surface area contributed by atoms with E-state index in [2.05, 4.69) is 10.3 Å². The summed E-state index contributed by atoms with van der Waals surface area (Å²) in [4.78, 5) is 44.3. The van der Waals surface area contributed by atoms with Crippen molar-refractivity contribution in [2.24, 2.45) is 5.92 Å². The summed E-state index contributed by atoms with van der Waals surface area (Å²) in [7, 11) is 0. The van der Waals surface area contributed by atoms with E-state index >= 15 is 0 Å². The van der Waals surface area contributed by atoms with Crippen LogP contribution in [0.1, 0.15) is 36.0 Å². The summed E-state index contributed by atoms with van der Waals surface area (Å²) in [6, 6.07) is 10.7. The van der Waals surface area contributed by atoms with Gasteiger partial charge in [0, 0.05) is 61.5 Å². The molecule has 2 fully saturated rings. The van der Waals surface area contributed by atoms with E-state index in [-0.39, 0.29) is 23.6 Å². The smallest absolute Gasteiger partial charge is 0.251 e. The second kappa shape index (κ2) is 8.52. The highest BCUT2D eigenvalue weighted by Gasteiger charge is 2.31. The van der Waals surface area contributed by atoms with Gasteiger partial charge in [0.05, 0.1) is 0 Å². The van der Waals surface area contributed by atoms with E-state index in [0.717, 1.165) is 30.8 Å². The molecule has 8 heteroatoms. The van der Waals surface area contributed by atoms with E-state index < -0.39 is 0 Å². The van der Waals surface area contributed by atoms with Crippen LogP contribution in [0.4, 0.5) is 17.2 Å². The number of carbonyl (C=O) groups excluding carboxylic acids is 3. The van der Waals surface area contributed by atoms with Gasteiger partial charge in [-0.3, -0.25) is 14.4 Å². The third-order valence-corrected chi connectivity index (χ3v) is 5.60. The Kier molecular flexibility index (Phi) is 5.65. The highest BCUT2D eigenvalue weighted by atomic mass is 16.2. The van der Waals surface area contributed by atoms with Crippen molar-refractivity contribution in [2.75, 3.05) is 35.2 Å². The van der Waals surface area contributed by atoms with Crippen LogP contribution in [0.3, 0.4) is 0 Å². The SMILES string of the molecule is Nc1cc(C(=O)NCC2CC(=O)N(c3ccc(N4CCCCC4=O)cc3)C2)ccn1. The van der Waals surface area contributed by atoms with Gasteiger partial charge in [0.2, 0.25) is 11.8 Å². The average molecular weight is 407 g/mol. The summed E-state index contributed by atoms with van der Waals surface area (Å²) in [5.74, 6) is 0.274. The molecule has 156 valence electrons. The molecule has 1 unspecified atom stereocenters. The largest absolute Gasteiger partial charge is 0.384 e. The Bertz CT molecular complexity index is 960. The summed E-state index contributed by atoms with van der Waals surface area (Å²) in [6.07, 6.45) is 4.42. The van der Waals surface area contributed by atoms with Crippen molar-refractivity contribution < 1.29 is 14.4 Å². The minimum Gasteiger partial charge on any atom is -0.384 e. The number of hydrogen-bond donors (Lipinski definition) is 2. The number of rotatable bonds is 5. The standard InChI is InChI=1S/C22H25N5O3/c23-19-12-16(8-9-24-19)22(30)25-13-15-11-21(29)27(14-15)18-6-4-17(5-7-18)26-10-2-1-3-20(26)28/h4-9,12,15H,1-3,10-11,13-14H2,(H2,23,24)(H,25,30). The molecule has 8 nitrogen and oxygen atoms in total. The lowest BCUT2D eigenvalue weighted by atomic mass is 10.1. The lowest BCUT2D eigenvalue weighted by Gasteiger charge is -2.27. The summed E-state index contributed by atoms with van der Waals surface area (Å²) in [5.41, 5.74) is 7.75. The highest BCUT2D eigenvalue weighted by molar-refractivity contribution is 5.98. The second-order valence-electron chi connectivity index (χ2n) is 7.77. The molecule has 3 N–H and O–H groups in total. The minimum atomic E-state index is -0.231. The molecule has 1 atom stereocenters. The molecule has 30 heavy (non-hydrogen) atoms. The summed E-state index contributed by atoms with van der Waals surface area (Å²) >= 11 is 0. The van der Waals surface area contributed by atoms with Crippen molar-refractivity contribution in [2.45, 2.75) is 25.7 Å². The van der Waals surface area contributed by atoms with Gasteiger partial charge in [0.15, 0.2) is 0 Å². The molecule has 4 rings (SSSR count). The summed E-state index contributed by atoms with van der Waals surface area (Å²) in [6.45, 7) is 1.69. The average Bonchev–Trinajstić information content (AvgIpc) is 3.13. The van der Waals surface area contributed by atoms with Crippen molar-refractivity contribution in [3.8, 4) is 0 Å². The number of nitrogens with one attached hydrogen (secondary N) is 1. The Morgan fingerprint density at radius 2 is 1.80 bits per heavy atom. The maximum atomic E-state index is 12.5. The van der Waals surface area contributed by atoms with Crippen LogP contribution in [0, 0.1) is 5.92 Å². The number of hydrogen-bond acceptors (Lipinski definition) is 5. The van der Waals surface area contributed by atoms with Crippen LogP contribution >= 0.6 is 0 Å². The molecule has 2 aliphatic rings. The molecule has 1 aromatic heterocycles. The van der Waals surface area contributed by atoms with Gasteiger partial charge in [-0.15, -0.1) is 0 Å². The molecule has 1 aromatic carbocycles. The molecule has 0 spiro atoms. The topological polar surface area (TPSA) is 109 Å². The predicted octanol–water partition coefficient (Wildman–Crippen LogP) is 1.96. The Balaban J connectivity index is 1.35. The van der Waals surface area contributed by atoms with E-state index in [0.29, 0.717) is 37.3 Å². The monoisotopic (exact) mass is 407 g/mol. The van der Waals surface area contributed by atoms with Crippen molar-refractivity contribution >= 4 is 34.9 Å².